The van der Waals surface area contributed by atoms with E-state index in [9.17, 15) is 8.78 Å². The van der Waals surface area contributed by atoms with Gasteiger partial charge in [-0.2, -0.15) is 5.10 Å². The average molecular weight is 364 g/mol. The minimum Gasteiger partial charge on any atom is -0.337 e. The van der Waals surface area contributed by atoms with Crippen molar-refractivity contribution in [2.24, 2.45) is 0 Å². The summed E-state index contributed by atoms with van der Waals surface area (Å²) in [5.41, 5.74) is 0.622. The first kappa shape index (κ1) is 16.2. The van der Waals surface area contributed by atoms with Gasteiger partial charge in [0.1, 0.15) is 17.8 Å². The minimum absolute atomic E-state index is 0.0188. The van der Waals surface area contributed by atoms with E-state index in [0.717, 1.165) is 13.0 Å². The van der Waals surface area contributed by atoms with Crippen molar-refractivity contribution in [3.8, 4) is 11.4 Å². The van der Waals surface area contributed by atoms with Gasteiger partial charge in [0.25, 0.3) is 0 Å². The number of nitrogens with zero attached hydrogens (tertiary/aromatic N) is 5. The number of rotatable bonds is 6. The summed E-state index contributed by atoms with van der Waals surface area (Å²) in [7, 11) is 0. The molecule has 0 unspecified atom stereocenters. The van der Waals surface area contributed by atoms with Gasteiger partial charge in [-0.15, -0.1) is 0 Å². The first-order chi connectivity index (χ1) is 12.1. The molecule has 1 aliphatic carbocycles. The number of hydrogen-bond donors (Lipinski definition) is 0. The molecule has 2 heterocycles. The van der Waals surface area contributed by atoms with Crippen LogP contribution in [0, 0.1) is 5.82 Å². The molecular formula is C17H16ClF2N5. The van der Waals surface area contributed by atoms with E-state index in [1.807, 2.05) is 10.8 Å². The van der Waals surface area contributed by atoms with Gasteiger partial charge in [-0.3, -0.25) is 0 Å². The molecule has 1 aliphatic rings. The SMILES string of the molecule is Fc1ccc(-c2nc([C@H]3C[C@H]3F)n(CCCn3ccnc3)n2)cc1Cl. The maximum Gasteiger partial charge on any atom is 0.181 e. The Morgan fingerprint density at radius 2 is 2.12 bits per heavy atom. The van der Waals surface area contributed by atoms with E-state index in [1.165, 1.54) is 12.1 Å². The quantitative estimate of drug-likeness (QED) is 0.668. The van der Waals surface area contributed by atoms with E-state index in [2.05, 4.69) is 15.1 Å². The lowest BCUT2D eigenvalue weighted by molar-refractivity contribution is 0.451. The average Bonchev–Trinajstić information content (AvgIpc) is 3.02. The normalized spacial score (nSPS) is 19.3. The van der Waals surface area contributed by atoms with Crippen molar-refractivity contribution in [3.63, 3.8) is 0 Å². The second-order valence-electron chi connectivity index (χ2n) is 6.16. The molecule has 2 atom stereocenters. The highest BCUT2D eigenvalue weighted by molar-refractivity contribution is 6.31. The summed E-state index contributed by atoms with van der Waals surface area (Å²) in [4.78, 5) is 8.50. The Morgan fingerprint density at radius 1 is 1.28 bits per heavy atom. The van der Waals surface area contributed by atoms with Gasteiger partial charge in [-0.05, 0) is 31.0 Å². The van der Waals surface area contributed by atoms with Crippen LogP contribution < -0.4 is 0 Å². The van der Waals surface area contributed by atoms with Gasteiger partial charge in [-0.25, -0.2) is 23.4 Å². The smallest absolute Gasteiger partial charge is 0.181 e. The first-order valence-electron chi connectivity index (χ1n) is 8.12. The lowest BCUT2D eigenvalue weighted by Crippen LogP contribution is -2.08. The lowest BCUT2D eigenvalue weighted by Gasteiger charge is -2.05. The van der Waals surface area contributed by atoms with E-state index in [4.69, 9.17) is 11.6 Å². The molecule has 4 rings (SSSR count). The highest BCUT2D eigenvalue weighted by Crippen LogP contribution is 2.43. The zero-order valence-corrected chi connectivity index (χ0v) is 14.1. The van der Waals surface area contributed by atoms with Crippen LogP contribution in [0.25, 0.3) is 11.4 Å². The van der Waals surface area contributed by atoms with Crippen LogP contribution in [0.2, 0.25) is 5.02 Å². The van der Waals surface area contributed by atoms with Crippen molar-refractivity contribution in [1.82, 2.24) is 24.3 Å². The van der Waals surface area contributed by atoms with E-state index in [-0.39, 0.29) is 10.9 Å². The fourth-order valence-corrected chi connectivity index (χ4v) is 2.98. The van der Waals surface area contributed by atoms with Gasteiger partial charge in [-0.1, -0.05) is 11.6 Å². The predicted molar refractivity (Wildman–Crippen MR) is 89.5 cm³/mol. The maximum absolute atomic E-state index is 13.6. The molecule has 0 amide bonds. The zero-order valence-electron chi connectivity index (χ0n) is 13.3. The van der Waals surface area contributed by atoms with Crippen molar-refractivity contribution in [2.45, 2.75) is 38.0 Å². The molecule has 5 nitrogen and oxygen atoms in total. The molecule has 0 N–H and O–H groups in total. The maximum atomic E-state index is 13.6. The second kappa shape index (κ2) is 6.55. The number of hydrogen-bond acceptors (Lipinski definition) is 3. The summed E-state index contributed by atoms with van der Waals surface area (Å²) in [5.74, 6) is 0.397. The van der Waals surface area contributed by atoms with Crippen LogP contribution in [0.5, 0.6) is 0 Å². The monoisotopic (exact) mass is 363 g/mol. The molecule has 1 aromatic carbocycles. The third-order valence-electron chi connectivity index (χ3n) is 4.27. The fourth-order valence-electron chi connectivity index (χ4n) is 2.80. The predicted octanol–water partition coefficient (Wildman–Crippen LogP) is 3.85. The molecule has 1 saturated carbocycles. The molecule has 3 aromatic rings. The van der Waals surface area contributed by atoms with Crippen LogP contribution in [0.3, 0.4) is 0 Å². The Balaban J connectivity index is 1.56. The third kappa shape index (κ3) is 3.42. The molecule has 0 radical (unpaired) electrons. The Bertz CT molecular complexity index is 877. The molecule has 25 heavy (non-hydrogen) atoms. The zero-order chi connectivity index (χ0) is 17.4. The Hall–Kier alpha value is -2.28. The van der Waals surface area contributed by atoms with Gasteiger partial charge in [0.05, 0.1) is 17.3 Å². The topological polar surface area (TPSA) is 48.5 Å². The summed E-state index contributed by atoms with van der Waals surface area (Å²) in [6, 6.07) is 4.35. The Morgan fingerprint density at radius 3 is 2.80 bits per heavy atom. The summed E-state index contributed by atoms with van der Waals surface area (Å²) in [5, 5.41) is 4.52. The summed E-state index contributed by atoms with van der Waals surface area (Å²) < 4.78 is 30.6. The van der Waals surface area contributed by atoms with Crippen LogP contribution in [-0.4, -0.2) is 30.5 Å². The van der Waals surface area contributed by atoms with Crippen LogP contribution >= 0.6 is 11.6 Å². The molecule has 1 fully saturated rings. The minimum atomic E-state index is -0.860. The van der Waals surface area contributed by atoms with Crippen molar-refractivity contribution in [3.05, 3.63) is 53.6 Å². The number of halogens is 3. The van der Waals surface area contributed by atoms with Crippen molar-refractivity contribution < 1.29 is 8.78 Å². The van der Waals surface area contributed by atoms with E-state index >= 15 is 0 Å². The third-order valence-corrected chi connectivity index (χ3v) is 4.56. The van der Waals surface area contributed by atoms with Crippen LogP contribution in [0.1, 0.15) is 24.6 Å². The van der Waals surface area contributed by atoms with Gasteiger partial charge >= 0.3 is 0 Å². The van der Waals surface area contributed by atoms with Crippen LogP contribution in [0.15, 0.2) is 36.9 Å². The van der Waals surface area contributed by atoms with Gasteiger partial charge in [0.15, 0.2) is 5.82 Å². The largest absolute Gasteiger partial charge is 0.337 e. The number of aryl methyl sites for hydroxylation is 2. The Labute approximate surface area is 148 Å². The van der Waals surface area contributed by atoms with Gasteiger partial charge in [0, 0.05) is 31.0 Å². The molecule has 0 saturated heterocycles. The highest BCUT2D eigenvalue weighted by Gasteiger charge is 2.42. The molecule has 0 bridgehead atoms. The number of imidazole rings is 1. The second-order valence-corrected chi connectivity index (χ2v) is 6.57. The van der Waals surface area contributed by atoms with Crippen LogP contribution in [-0.2, 0) is 13.1 Å². The first-order valence-corrected chi connectivity index (χ1v) is 8.49. The summed E-state index contributed by atoms with van der Waals surface area (Å²) in [6.45, 7) is 1.42. The standard InChI is InChI=1S/C17H16ClF2N5/c18-13-8-11(2-3-14(13)19)16-22-17(12-9-15(12)20)25(23-16)6-1-5-24-7-4-21-10-24/h2-4,7-8,10,12,15H,1,5-6,9H2/t12-,15+/m0/s1. The summed E-state index contributed by atoms with van der Waals surface area (Å²) in [6.07, 6.45) is 5.82. The van der Waals surface area contributed by atoms with E-state index in [0.29, 0.717) is 30.2 Å². The van der Waals surface area contributed by atoms with Gasteiger partial charge in [0.2, 0.25) is 0 Å². The van der Waals surface area contributed by atoms with Crippen molar-refractivity contribution >= 4 is 11.6 Å². The lowest BCUT2D eigenvalue weighted by atomic mass is 10.2. The Kier molecular flexibility index (Phi) is 4.25. The number of alkyl halides is 1. The molecule has 2 aromatic heterocycles. The molecule has 8 heteroatoms. The number of aromatic nitrogens is 5. The summed E-state index contributed by atoms with van der Waals surface area (Å²) >= 11 is 5.84. The molecule has 0 aliphatic heterocycles. The van der Waals surface area contributed by atoms with Crippen molar-refractivity contribution in [1.29, 1.82) is 0 Å². The fraction of sp³-hybridized carbons (Fsp3) is 0.353. The molecular weight excluding hydrogens is 348 g/mol. The van der Waals surface area contributed by atoms with E-state index < -0.39 is 12.0 Å². The van der Waals surface area contributed by atoms with Crippen LogP contribution in [0.4, 0.5) is 8.78 Å². The van der Waals surface area contributed by atoms with E-state index in [1.54, 1.807) is 23.3 Å². The molecule has 130 valence electrons. The van der Waals surface area contributed by atoms with Crippen molar-refractivity contribution in [2.75, 3.05) is 0 Å². The highest BCUT2D eigenvalue weighted by atomic mass is 35.5. The number of benzene rings is 1. The van der Waals surface area contributed by atoms with Gasteiger partial charge < -0.3 is 4.57 Å². The molecule has 0 spiro atoms.